The number of alkyl halides is 2. The van der Waals surface area contributed by atoms with Gasteiger partial charge >= 0.3 is 5.97 Å². The second kappa shape index (κ2) is 4.88. The zero-order chi connectivity index (χ0) is 13.3. The molecule has 1 heterocycles. The molecule has 0 aromatic heterocycles. The number of halogens is 2. The van der Waals surface area contributed by atoms with Crippen LogP contribution in [-0.4, -0.2) is 44.0 Å². The molecular formula is C12H21F2NO2. The summed E-state index contributed by atoms with van der Waals surface area (Å²) in [6, 6.07) is 0. The average molecular weight is 249 g/mol. The Kier molecular flexibility index (Phi) is 4.12. The predicted molar refractivity (Wildman–Crippen MR) is 61.0 cm³/mol. The van der Waals surface area contributed by atoms with Crippen molar-refractivity contribution >= 4 is 5.97 Å². The Morgan fingerprint density at radius 3 is 2.47 bits per heavy atom. The number of carbonyl (C=O) groups is 1. The van der Waals surface area contributed by atoms with Crippen LogP contribution < -0.4 is 0 Å². The minimum absolute atomic E-state index is 0.0309. The van der Waals surface area contributed by atoms with Crippen molar-refractivity contribution in [2.75, 3.05) is 27.2 Å². The van der Waals surface area contributed by atoms with Crippen LogP contribution in [0.15, 0.2) is 0 Å². The third-order valence-electron chi connectivity index (χ3n) is 3.42. The molecule has 17 heavy (non-hydrogen) atoms. The smallest absolute Gasteiger partial charge is 0.318 e. The van der Waals surface area contributed by atoms with Gasteiger partial charge < -0.3 is 9.64 Å². The van der Waals surface area contributed by atoms with Crippen molar-refractivity contribution in [3.8, 4) is 0 Å². The minimum atomic E-state index is -3.03. The molecule has 0 amide bonds. The first kappa shape index (κ1) is 14.4. The first-order valence-corrected chi connectivity index (χ1v) is 5.90. The molecule has 100 valence electrons. The topological polar surface area (TPSA) is 29.5 Å². The average Bonchev–Trinajstić information content (AvgIpc) is 2.20. The van der Waals surface area contributed by atoms with Gasteiger partial charge in [0.2, 0.25) is 0 Å². The van der Waals surface area contributed by atoms with E-state index < -0.39 is 17.3 Å². The molecule has 0 radical (unpaired) electrons. The number of hydrogen-bond donors (Lipinski definition) is 0. The summed E-state index contributed by atoms with van der Waals surface area (Å²) in [5, 5.41) is 0. The van der Waals surface area contributed by atoms with Crippen molar-refractivity contribution < 1.29 is 18.3 Å². The van der Waals surface area contributed by atoms with Gasteiger partial charge in [-0.25, -0.2) is 8.78 Å². The van der Waals surface area contributed by atoms with E-state index in [9.17, 15) is 13.6 Å². The molecule has 1 rings (SSSR count). The highest BCUT2D eigenvalue weighted by molar-refractivity contribution is 5.78. The molecule has 1 aliphatic rings. The van der Waals surface area contributed by atoms with E-state index in [0.29, 0.717) is 6.54 Å². The quantitative estimate of drug-likeness (QED) is 0.718. The zero-order valence-corrected chi connectivity index (χ0v) is 10.9. The van der Waals surface area contributed by atoms with Crippen LogP contribution >= 0.6 is 0 Å². The monoisotopic (exact) mass is 249 g/mol. The molecule has 1 atom stereocenters. The Hall–Kier alpha value is -0.710. The Labute approximate surface area is 101 Å². The van der Waals surface area contributed by atoms with Crippen molar-refractivity contribution in [3.63, 3.8) is 0 Å². The van der Waals surface area contributed by atoms with Crippen LogP contribution in [0.5, 0.6) is 0 Å². The van der Waals surface area contributed by atoms with Gasteiger partial charge in [0.05, 0.1) is 13.7 Å². The molecule has 5 heteroatoms. The molecule has 1 fully saturated rings. The van der Waals surface area contributed by atoms with E-state index in [0.717, 1.165) is 0 Å². The van der Waals surface area contributed by atoms with Crippen LogP contribution in [0, 0.1) is 11.3 Å². The first-order chi connectivity index (χ1) is 7.75. The SMILES string of the molecule is COC(=O)C1(CC(C)C)CCN(C)CC1(F)F. The fourth-order valence-corrected chi connectivity index (χ4v) is 2.61. The zero-order valence-electron chi connectivity index (χ0n) is 10.9. The van der Waals surface area contributed by atoms with E-state index in [4.69, 9.17) is 0 Å². The third kappa shape index (κ3) is 2.59. The summed E-state index contributed by atoms with van der Waals surface area (Å²) in [5.74, 6) is -3.77. The molecule has 0 saturated carbocycles. The summed E-state index contributed by atoms with van der Waals surface area (Å²) in [7, 11) is 2.82. The number of hydrogen-bond acceptors (Lipinski definition) is 3. The van der Waals surface area contributed by atoms with Gasteiger partial charge in [-0.2, -0.15) is 0 Å². The van der Waals surface area contributed by atoms with Crippen molar-refractivity contribution in [1.29, 1.82) is 0 Å². The van der Waals surface area contributed by atoms with E-state index in [1.165, 1.54) is 7.11 Å². The molecule has 1 aliphatic heterocycles. The normalized spacial score (nSPS) is 29.4. The van der Waals surface area contributed by atoms with E-state index in [1.807, 2.05) is 13.8 Å². The highest BCUT2D eigenvalue weighted by Gasteiger charge is 2.61. The fraction of sp³-hybridized carbons (Fsp3) is 0.917. The highest BCUT2D eigenvalue weighted by atomic mass is 19.3. The fourth-order valence-electron chi connectivity index (χ4n) is 2.61. The third-order valence-corrected chi connectivity index (χ3v) is 3.42. The van der Waals surface area contributed by atoms with Crippen LogP contribution in [0.1, 0.15) is 26.7 Å². The van der Waals surface area contributed by atoms with Gasteiger partial charge in [-0.3, -0.25) is 4.79 Å². The molecule has 0 aromatic rings. The maximum Gasteiger partial charge on any atom is 0.318 e. The number of carbonyl (C=O) groups excluding carboxylic acids is 1. The summed E-state index contributed by atoms with van der Waals surface area (Å²) < 4.78 is 33.1. The molecule has 1 saturated heterocycles. The van der Waals surface area contributed by atoms with Crippen LogP contribution in [0.4, 0.5) is 8.78 Å². The van der Waals surface area contributed by atoms with E-state index in [-0.39, 0.29) is 25.3 Å². The standard InChI is InChI=1S/C12H21F2NO2/c1-9(2)7-11(10(16)17-4)5-6-15(3)8-12(11,13)14/h9H,5-8H2,1-4H3. The summed E-state index contributed by atoms with van der Waals surface area (Å²) in [6.45, 7) is 3.81. The van der Waals surface area contributed by atoms with Crippen LogP contribution in [0.2, 0.25) is 0 Å². The van der Waals surface area contributed by atoms with Crippen molar-refractivity contribution in [1.82, 2.24) is 4.90 Å². The van der Waals surface area contributed by atoms with Gasteiger partial charge in [-0.15, -0.1) is 0 Å². The van der Waals surface area contributed by atoms with Crippen molar-refractivity contribution in [2.24, 2.45) is 11.3 Å². The predicted octanol–water partition coefficient (Wildman–Crippen LogP) is 2.16. The van der Waals surface area contributed by atoms with Gasteiger partial charge in [0.15, 0.2) is 0 Å². The lowest BCUT2D eigenvalue weighted by Gasteiger charge is -2.45. The molecule has 0 bridgehead atoms. The number of piperidine rings is 1. The van der Waals surface area contributed by atoms with Crippen LogP contribution in [0.3, 0.4) is 0 Å². The van der Waals surface area contributed by atoms with E-state index in [1.54, 1.807) is 11.9 Å². The number of methoxy groups -OCH3 is 1. The second-order valence-corrected chi connectivity index (χ2v) is 5.36. The van der Waals surface area contributed by atoms with Crippen LogP contribution in [-0.2, 0) is 9.53 Å². The number of likely N-dealkylation sites (tertiary alicyclic amines) is 1. The Morgan fingerprint density at radius 2 is 2.06 bits per heavy atom. The largest absolute Gasteiger partial charge is 0.468 e. The Balaban J connectivity index is 3.08. The molecule has 1 unspecified atom stereocenters. The molecule has 0 aromatic carbocycles. The van der Waals surface area contributed by atoms with Crippen molar-refractivity contribution in [3.05, 3.63) is 0 Å². The number of nitrogens with zero attached hydrogens (tertiary/aromatic N) is 1. The maximum absolute atomic E-state index is 14.2. The van der Waals surface area contributed by atoms with Crippen molar-refractivity contribution in [2.45, 2.75) is 32.6 Å². The second-order valence-electron chi connectivity index (χ2n) is 5.36. The van der Waals surface area contributed by atoms with Gasteiger partial charge in [0.1, 0.15) is 5.41 Å². The summed E-state index contributed by atoms with van der Waals surface area (Å²) in [6.07, 6.45) is 0.321. The van der Waals surface area contributed by atoms with Gasteiger partial charge in [-0.05, 0) is 32.4 Å². The molecule has 0 N–H and O–H groups in total. The first-order valence-electron chi connectivity index (χ1n) is 5.90. The highest BCUT2D eigenvalue weighted by Crippen LogP contribution is 2.48. The lowest BCUT2D eigenvalue weighted by atomic mass is 9.70. The van der Waals surface area contributed by atoms with Gasteiger partial charge in [0.25, 0.3) is 5.92 Å². The number of esters is 1. The van der Waals surface area contributed by atoms with E-state index in [2.05, 4.69) is 4.74 Å². The Bertz CT molecular complexity index is 294. The summed E-state index contributed by atoms with van der Waals surface area (Å²) >= 11 is 0. The van der Waals surface area contributed by atoms with Gasteiger partial charge in [-0.1, -0.05) is 13.8 Å². The molecule has 0 spiro atoms. The van der Waals surface area contributed by atoms with Gasteiger partial charge in [0, 0.05) is 0 Å². The number of rotatable bonds is 3. The number of ether oxygens (including phenoxy) is 1. The molecule has 3 nitrogen and oxygen atoms in total. The molecule has 0 aliphatic carbocycles. The lowest BCUT2D eigenvalue weighted by Crippen LogP contribution is -2.59. The lowest BCUT2D eigenvalue weighted by molar-refractivity contribution is -0.203. The van der Waals surface area contributed by atoms with Crippen LogP contribution in [0.25, 0.3) is 0 Å². The summed E-state index contributed by atoms with van der Waals surface area (Å²) in [5.41, 5.74) is -1.65. The molecular weight excluding hydrogens is 228 g/mol. The Morgan fingerprint density at radius 1 is 1.47 bits per heavy atom. The summed E-state index contributed by atoms with van der Waals surface area (Å²) in [4.78, 5) is 13.4. The maximum atomic E-state index is 14.2. The minimum Gasteiger partial charge on any atom is -0.468 e. The van der Waals surface area contributed by atoms with E-state index >= 15 is 0 Å².